The Balaban J connectivity index is 5.25. The maximum absolute atomic E-state index is 11.3. The first-order valence-corrected chi connectivity index (χ1v) is 3.94. The average Bonchev–Trinajstić information content (AvgIpc) is 2.12. The van der Waals surface area contributed by atoms with Gasteiger partial charge < -0.3 is 14.3 Å². The Bertz CT molecular complexity index is 361. The number of quaternary nitrogens is 1. The van der Waals surface area contributed by atoms with Gasteiger partial charge in [-0.3, -0.25) is 9.59 Å². The van der Waals surface area contributed by atoms with Crippen LogP contribution < -0.4 is 0 Å². The number of hydrogen-bond acceptors (Lipinski definition) is 3. The molecule has 0 heterocycles. The number of likely N-dealkylation sites (N-methyl/N-ethyl adjacent to an activating group) is 1. The molecule has 0 aliphatic carbocycles. The van der Waals surface area contributed by atoms with Crippen molar-refractivity contribution in [1.82, 2.24) is 0 Å². The third kappa shape index (κ3) is 7.54. The minimum atomic E-state index is -3.06. The lowest BCUT2D eigenvalue weighted by Gasteiger charge is -2.28. The van der Waals surface area contributed by atoms with E-state index in [1.54, 1.807) is 0 Å². The van der Waals surface area contributed by atoms with Gasteiger partial charge in [0.1, 0.15) is 6.50 Å². The molecule has 0 aliphatic heterocycles. The van der Waals surface area contributed by atoms with Crippen LogP contribution >= 0.6 is 0 Å². The zero-order valence-electron chi connectivity index (χ0n) is 13.4. The van der Waals surface area contributed by atoms with Crippen LogP contribution in [-0.2, 0) is 14.3 Å². The molecule has 0 aromatic heterocycles. The van der Waals surface area contributed by atoms with Gasteiger partial charge in [-0.2, -0.15) is 0 Å². The summed E-state index contributed by atoms with van der Waals surface area (Å²) >= 11 is 0. The summed E-state index contributed by atoms with van der Waals surface area (Å²) in [5.74, 6) is -3.00. The van der Waals surface area contributed by atoms with E-state index < -0.39 is 37.8 Å². The molecular weight excluding hydrogens is 186 g/mol. The van der Waals surface area contributed by atoms with E-state index in [1.807, 2.05) is 0 Å². The lowest BCUT2D eigenvalue weighted by atomic mass is 10.2. The van der Waals surface area contributed by atoms with Crippen LogP contribution in [0.4, 0.5) is 0 Å². The zero-order valence-corrected chi connectivity index (χ0v) is 8.40. The number of rotatable bonds is 5. The second-order valence-electron chi connectivity index (χ2n) is 3.63. The van der Waals surface area contributed by atoms with Crippen molar-refractivity contribution in [2.24, 2.45) is 0 Å². The predicted molar refractivity (Wildman–Crippen MR) is 50.7 cm³/mol. The van der Waals surface area contributed by atoms with Crippen molar-refractivity contribution in [3.63, 3.8) is 0 Å². The molecule has 5 heteroatoms. The number of nitrogens with zero attached hydrogens (tertiary/aromatic N) is 1. The fourth-order valence-electron chi connectivity index (χ4n) is 0.833. The molecule has 5 nitrogen and oxygen atoms in total. The molecule has 0 unspecified atom stereocenters. The normalized spacial score (nSPS) is 20.6. The van der Waals surface area contributed by atoms with Gasteiger partial charge in [-0.25, -0.2) is 0 Å². The van der Waals surface area contributed by atoms with Gasteiger partial charge in [-0.15, -0.1) is 0 Å². The highest BCUT2D eigenvalue weighted by atomic mass is 16.5. The Hall–Kier alpha value is -1.10. The fourth-order valence-corrected chi connectivity index (χ4v) is 0.833. The summed E-state index contributed by atoms with van der Waals surface area (Å²) in [6.07, 6.45) is -2.51. The summed E-state index contributed by atoms with van der Waals surface area (Å²) in [5.41, 5.74) is 0. The largest absolute Gasteiger partial charge is 0.481 e. The number of carboxylic acid groups (broad SMARTS) is 1. The van der Waals surface area contributed by atoms with Crippen molar-refractivity contribution < 1.29 is 30.8 Å². The Morgan fingerprint density at radius 1 is 1.57 bits per heavy atom. The average molecular weight is 209 g/mol. The van der Waals surface area contributed by atoms with Gasteiger partial charge in [0.15, 0.2) is 6.10 Å². The van der Waals surface area contributed by atoms with Crippen LogP contribution in [0.3, 0.4) is 0 Å². The molecule has 0 saturated heterocycles. The number of esters is 1. The summed E-state index contributed by atoms with van der Waals surface area (Å²) in [7, 11) is 4.33. The Morgan fingerprint density at radius 3 is 2.50 bits per heavy atom. The molecule has 0 aromatic rings. The van der Waals surface area contributed by atoms with Crippen molar-refractivity contribution in [3.8, 4) is 0 Å². The zero-order chi connectivity index (χ0) is 15.6. The Labute approximate surface area is 90.9 Å². The van der Waals surface area contributed by atoms with Crippen molar-refractivity contribution in [2.45, 2.75) is 19.4 Å². The van der Waals surface area contributed by atoms with Gasteiger partial charge in [0.25, 0.3) is 0 Å². The first kappa shape index (κ1) is 6.40. The lowest BCUT2D eigenvalue weighted by Crippen LogP contribution is -2.43. The fraction of sp³-hybridized carbons (Fsp3) is 0.778. The predicted octanol–water partition coefficient (Wildman–Crippen LogP) is 0.0990. The van der Waals surface area contributed by atoms with Crippen LogP contribution in [0.5, 0.6) is 0 Å². The molecule has 0 aromatic carbocycles. The van der Waals surface area contributed by atoms with E-state index in [9.17, 15) is 9.59 Å². The van der Waals surface area contributed by atoms with Crippen LogP contribution in [0, 0.1) is 0 Å². The summed E-state index contributed by atoms with van der Waals surface area (Å²) in [5, 5.41) is 8.72. The molecule has 0 bridgehead atoms. The number of carbonyl (C=O) groups excluding carboxylic acids is 1. The number of carboxylic acids is 1. The highest BCUT2D eigenvalue weighted by Gasteiger charge is 2.23. The maximum Gasteiger partial charge on any atom is 0.307 e. The molecule has 0 fully saturated rings. The van der Waals surface area contributed by atoms with Crippen molar-refractivity contribution in [3.05, 3.63) is 0 Å². The quantitative estimate of drug-likeness (QED) is 0.515. The van der Waals surface area contributed by atoms with E-state index in [4.69, 9.17) is 12.0 Å². The third-order valence-corrected chi connectivity index (χ3v) is 1.14. The molecular formula is C9H18NO4+. The highest BCUT2D eigenvalue weighted by molar-refractivity contribution is 5.69. The molecule has 0 rings (SSSR count). The molecule has 82 valence electrons. The number of hydrogen-bond donors (Lipinski definition) is 1. The molecule has 1 N–H and O–H groups in total. The van der Waals surface area contributed by atoms with E-state index >= 15 is 0 Å². The maximum atomic E-state index is 11.3. The van der Waals surface area contributed by atoms with E-state index in [0.717, 1.165) is 0 Å². The van der Waals surface area contributed by atoms with Gasteiger partial charge in [0, 0.05) is 11.0 Å². The van der Waals surface area contributed by atoms with E-state index in [2.05, 4.69) is 4.74 Å². The summed E-state index contributed by atoms with van der Waals surface area (Å²) < 4.78 is 40.5. The first-order chi connectivity index (χ1) is 8.19. The number of aliphatic carboxylic acids is 1. The highest BCUT2D eigenvalue weighted by Crippen LogP contribution is 2.04. The number of carbonyl (C=O) groups is 2. The first-order valence-electron chi connectivity index (χ1n) is 6.44. The van der Waals surface area contributed by atoms with E-state index in [1.165, 1.54) is 21.1 Å². The number of ether oxygens (including phenoxy) is 1. The monoisotopic (exact) mass is 209 g/mol. The van der Waals surface area contributed by atoms with Gasteiger partial charge in [0.2, 0.25) is 0 Å². The van der Waals surface area contributed by atoms with Crippen LogP contribution in [0.15, 0.2) is 0 Å². The minimum absolute atomic E-state index is 0.348. The molecule has 0 aliphatic rings. The van der Waals surface area contributed by atoms with Crippen LogP contribution in [0.1, 0.15) is 20.1 Å². The standard InChI is InChI=1S/C9H17NO4/c1-7(11)14-8(5-9(12)13)6-10(2,3)4/h8H,5-6H2,1-4H3/p+1/t8-/m1/s1/i1D3,6D2. The van der Waals surface area contributed by atoms with Crippen molar-refractivity contribution in [2.75, 3.05) is 27.6 Å². The molecule has 1 atom stereocenters. The van der Waals surface area contributed by atoms with Crippen LogP contribution in [-0.4, -0.2) is 55.3 Å². The van der Waals surface area contributed by atoms with Crippen molar-refractivity contribution in [1.29, 1.82) is 0 Å². The molecule has 0 saturated carbocycles. The lowest BCUT2D eigenvalue weighted by molar-refractivity contribution is -0.873. The van der Waals surface area contributed by atoms with E-state index in [-0.39, 0.29) is 4.48 Å². The van der Waals surface area contributed by atoms with Crippen LogP contribution in [0.2, 0.25) is 0 Å². The topological polar surface area (TPSA) is 63.6 Å². The SMILES string of the molecule is [2H]C([2H])([2H])C(=O)O[C@H](CC(=O)O)C([2H])([2H])[N+](C)(C)C. The molecule has 14 heavy (non-hydrogen) atoms. The smallest absolute Gasteiger partial charge is 0.307 e. The third-order valence-electron chi connectivity index (χ3n) is 1.14. The molecule has 0 radical (unpaired) electrons. The molecule has 0 amide bonds. The Morgan fingerprint density at radius 2 is 2.14 bits per heavy atom. The van der Waals surface area contributed by atoms with E-state index in [0.29, 0.717) is 0 Å². The summed E-state index contributed by atoms with van der Waals surface area (Å²) in [6.45, 7) is -5.31. The van der Waals surface area contributed by atoms with Crippen molar-refractivity contribution >= 4 is 11.9 Å². The second-order valence-corrected chi connectivity index (χ2v) is 3.63. The van der Waals surface area contributed by atoms with Crippen LogP contribution in [0.25, 0.3) is 0 Å². The molecule has 0 spiro atoms. The minimum Gasteiger partial charge on any atom is -0.481 e. The van der Waals surface area contributed by atoms with Gasteiger partial charge in [-0.05, 0) is 0 Å². The van der Waals surface area contributed by atoms with Gasteiger partial charge >= 0.3 is 11.9 Å². The second kappa shape index (κ2) is 4.95. The Kier molecular flexibility index (Phi) is 2.26. The van der Waals surface area contributed by atoms with Gasteiger partial charge in [0.05, 0.1) is 30.3 Å². The summed E-state index contributed by atoms with van der Waals surface area (Å²) in [6, 6.07) is 0. The van der Waals surface area contributed by atoms with Gasteiger partial charge in [-0.1, -0.05) is 0 Å². The summed E-state index contributed by atoms with van der Waals surface area (Å²) in [4.78, 5) is 22.0.